The van der Waals surface area contributed by atoms with Crippen LogP contribution in [0.2, 0.25) is 0 Å². The van der Waals surface area contributed by atoms with Crippen LogP contribution in [0.25, 0.3) is 16.6 Å². The molecule has 0 bridgehead atoms. The Kier molecular flexibility index (Phi) is 3.65. The third kappa shape index (κ3) is 2.44. The van der Waals surface area contributed by atoms with E-state index in [0.717, 1.165) is 45.3 Å². The van der Waals surface area contributed by atoms with Crippen molar-refractivity contribution in [2.24, 2.45) is 5.92 Å². The van der Waals surface area contributed by atoms with Crippen molar-refractivity contribution in [3.63, 3.8) is 0 Å². The Balaban J connectivity index is 1.80. The van der Waals surface area contributed by atoms with Gasteiger partial charge in [0.25, 0.3) is 0 Å². The lowest BCUT2D eigenvalue weighted by atomic mass is 9.93. The van der Waals surface area contributed by atoms with E-state index in [-0.39, 0.29) is 0 Å². The molecule has 0 saturated carbocycles. The first-order chi connectivity index (χ1) is 10.7. The van der Waals surface area contributed by atoms with Crippen LogP contribution in [-0.2, 0) is 6.42 Å². The van der Waals surface area contributed by atoms with E-state index in [4.69, 9.17) is 10.7 Å². The highest BCUT2D eigenvalue weighted by Gasteiger charge is 2.17. The van der Waals surface area contributed by atoms with Crippen LogP contribution in [0.15, 0.2) is 24.4 Å². The Hall–Kier alpha value is -1.41. The van der Waals surface area contributed by atoms with Crippen LogP contribution >= 0.6 is 22.6 Å². The zero-order chi connectivity index (χ0) is 15.1. The maximum Gasteiger partial charge on any atom is 0.206 e. The highest BCUT2D eigenvalue weighted by Crippen LogP contribution is 2.26. The summed E-state index contributed by atoms with van der Waals surface area (Å²) < 4.78 is 3.03. The second kappa shape index (κ2) is 5.66. The van der Waals surface area contributed by atoms with Crippen LogP contribution in [0.1, 0.15) is 18.5 Å². The van der Waals surface area contributed by atoms with Gasteiger partial charge in [-0.1, -0.05) is 6.07 Å². The maximum atomic E-state index is 6.14. The normalized spacial score (nSPS) is 16.6. The number of benzene rings is 1. The Morgan fingerprint density at radius 2 is 2.09 bits per heavy atom. The number of fused-ring (bicyclic) bond motifs is 3. The fourth-order valence-electron chi connectivity index (χ4n) is 3.25. The van der Waals surface area contributed by atoms with Crippen LogP contribution in [-0.4, -0.2) is 27.5 Å². The number of imidazole rings is 1. The first-order valence-electron chi connectivity index (χ1n) is 7.65. The molecule has 0 atom stereocenters. The first-order valence-corrected chi connectivity index (χ1v) is 8.72. The number of rotatable bonds is 2. The van der Waals surface area contributed by atoms with Gasteiger partial charge in [-0.05, 0) is 73.0 Å². The Bertz CT molecular complexity index is 835. The minimum absolute atomic E-state index is 0.510. The summed E-state index contributed by atoms with van der Waals surface area (Å²) in [6.07, 6.45) is 5.52. The van der Waals surface area contributed by atoms with E-state index in [1.807, 2.05) is 16.5 Å². The van der Waals surface area contributed by atoms with Crippen LogP contribution in [0.5, 0.6) is 0 Å². The molecule has 4 rings (SSSR count). The van der Waals surface area contributed by atoms with E-state index in [1.165, 1.54) is 12.8 Å². The molecule has 0 radical (unpaired) electrons. The standard InChI is InChI=1S/C16H18IN5/c17-13-3-1-2-12-14(13)21-16(18)22-9-11(20-15(12)22)8-10-4-6-19-7-5-10/h1-3,9-10,19H,4-8H2,(H2,18,21). The van der Waals surface area contributed by atoms with Gasteiger partial charge < -0.3 is 11.1 Å². The molecular formula is C16H18IN5. The molecule has 3 aromatic rings. The number of nitrogen functional groups attached to an aromatic ring is 1. The molecule has 6 heteroatoms. The second-order valence-electron chi connectivity index (χ2n) is 5.93. The average Bonchev–Trinajstić information content (AvgIpc) is 2.94. The number of piperidine rings is 1. The molecule has 0 unspecified atom stereocenters. The Morgan fingerprint density at radius 3 is 2.91 bits per heavy atom. The van der Waals surface area contributed by atoms with Gasteiger partial charge in [-0.3, -0.25) is 4.40 Å². The highest BCUT2D eigenvalue weighted by atomic mass is 127. The predicted octanol–water partition coefficient (Wildman–Crippen LogP) is 2.61. The van der Waals surface area contributed by atoms with E-state index >= 15 is 0 Å². The summed E-state index contributed by atoms with van der Waals surface area (Å²) in [4.78, 5) is 9.40. The van der Waals surface area contributed by atoms with Gasteiger partial charge in [0.15, 0.2) is 0 Å². The zero-order valence-electron chi connectivity index (χ0n) is 12.2. The predicted molar refractivity (Wildman–Crippen MR) is 96.9 cm³/mol. The third-order valence-electron chi connectivity index (χ3n) is 4.41. The monoisotopic (exact) mass is 407 g/mol. The first kappa shape index (κ1) is 14.2. The topological polar surface area (TPSA) is 68.2 Å². The van der Waals surface area contributed by atoms with Crippen LogP contribution in [0.3, 0.4) is 0 Å². The van der Waals surface area contributed by atoms with Crippen molar-refractivity contribution in [1.82, 2.24) is 19.7 Å². The van der Waals surface area contributed by atoms with Crippen molar-refractivity contribution in [1.29, 1.82) is 0 Å². The van der Waals surface area contributed by atoms with Crippen molar-refractivity contribution >= 4 is 45.1 Å². The Morgan fingerprint density at radius 1 is 1.27 bits per heavy atom. The van der Waals surface area contributed by atoms with Crippen molar-refractivity contribution in [3.05, 3.63) is 33.7 Å². The molecule has 114 valence electrons. The largest absolute Gasteiger partial charge is 0.369 e. The number of hydrogen-bond donors (Lipinski definition) is 2. The van der Waals surface area contributed by atoms with Gasteiger partial charge in [0, 0.05) is 15.2 Å². The number of nitrogens with zero attached hydrogens (tertiary/aromatic N) is 3. The van der Waals surface area contributed by atoms with E-state index in [0.29, 0.717) is 11.9 Å². The smallest absolute Gasteiger partial charge is 0.206 e. The van der Waals surface area contributed by atoms with E-state index < -0.39 is 0 Å². The third-order valence-corrected chi connectivity index (χ3v) is 5.28. The molecule has 22 heavy (non-hydrogen) atoms. The van der Waals surface area contributed by atoms with Gasteiger partial charge in [-0.25, -0.2) is 9.97 Å². The van der Waals surface area contributed by atoms with Crippen LogP contribution in [0, 0.1) is 9.49 Å². The molecule has 3 N–H and O–H groups in total. The van der Waals surface area contributed by atoms with Gasteiger partial charge in [0.05, 0.1) is 11.2 Å². The summed E-state index contributed by atoms with van der Waals surface area (Å²) in [5, 5.41) is 4.48. The number of nitrogens with two attached hydrogens (primary N) is 1. The molecule has 1 aromatic carbocycles. The van der Waals surface area contributed by atoms with E-state index in [9.17, 15) is 0 Å². The molecule has 1 saturated heterocycles. The summed E-state index contributed by atoms with van der Waals surface area (Å²) >= 11 is 2.30. The molecule has 2 aromatic heterocycles. The number of para-hydroxylation sites is 1. The van der Waals surface area contributed by atoms with Crippen molar-refractivity contribution in [2.75, 3.05) is 18.8 Å². The van der Waals surface area contributed by atoms with Crippen molar-refractivity contribution < 1.29 is 0 Å². The average molecular weight is 407 g/mol. The van der Waals surface area contributed by atoms with Gasteiger partial charge in [-0.15, -0.1) is 0 Å². The number of nitrogens with one attached hydrogen (secondary N) is 1. The maximum absolute atomic E-state index is 6.14. The van der Waals surface area contributed by atoms with E-state index in [2.05, 4.69) is 45.2 Å². The molecule has 1 aliphatic rings. The quantitative estimate of drug-likeness (QED) is 0.641. The SMILES string of the molecule is Nc1nc2c(I)cccc2c2nc(CC3CCNCC3)cn12. The summed E-state index contributed by atoms with van der Waals surface area (Å²) in [5.41, 5.74) is 9.11. The zero-order valence-corrected chi connectivity index (χ0v) is 14.4. The molecule has 1 aliphatic heterocycles. The molecular weight excluding hydrogens is 389 g/mol. The molecule has 0 spiro atoms. The van der Waals surface area contributed by atoms with Gasteiger partial charge in [0.2, 0.25) is 5.95 Å². The number of anilines is 1. The minimum Gasteiger partial charge on any atom is -0.369 e. The van der Waals surface area contributed by atoms with Gasteiger partial charge in [0.1, 0.15) is 5.65 Å². The molecule has 1 fully saturated rings. The van der Waals surface area contributed by atoms with Gasteiger partial charge in [-0.2, -0.15) is 0 Å². The lowest BCUT2D eigenvalue weighted by Crippen LogP contribution is -2.28. The highest BCUT2D eigenvalue weighted by molar-refractivity contribution is 14.1. The summed E-state index contributed by atoms with van der Waals surface area (Å²) in [6.45, 7) is 2.23. The molecule has 0 amide bonds. The van der Waals surface area contributed by atoms with E-state index in [1.54, 1.807) is 0 Å². The fourth-order valence-corrected chi connectivity index (χ4v) is 3.87. The van der Waals surface area contributed by atoms with Crippen molar-refractivity contribution in [2.45, 2.75) is 19.3 Å². The van der Waals surface area contributed by atoms with Crippen LogP contribution < -0.4 is 11.1 Å². The lowest BCUT2D eigenvalue weighted by Gasteiger charge is -2.21. The second-order valence-corrected chi connectivity index (χ2v) is 7.09. The number of aromatic nitrogens is 3. The molecule has 5 nitrogen and oxygen atoms in total. The minimum atomic E-state index is 0.510. The summed E-state index contributed by atoms with van der Waals surface area (Å²) in [7, 11) is 0. The fraction of sp³-hybridized carbons (Fsp3) is 0.375. The summed E-state index contributed by atoms with van der Waals surface area (Å²) in [6, 6.07) is 6.16. The van der Waals surface area contributed by atoms with Crippen LogP contribution in [0.4, 0.5) is 5.95 Å². The van der Waals surface area contributed by atoms with Crippen molar-refractivity contribution in [3.8, 4) is 0 Å². The molecule has 3 heterocycles. The number of hydrogen-bond acceptors (Lipinski definition) is 4. The van der Waals surface area contributed by atoms with Gasteiger partial charge >= 0.3 is 0 Å². The Labute approximate surface area is 142 Å². The number of halogens is 1. The molecule has 0 aliphatic carbocycles. The summed E-state index contributed by atoms with van der Waals surface area (Å²) in [5.74, 6) is 1.22. The lowest BCUT2D eigenvalue weighted by molar-refractivity contribution is 0.370.